The van der Waals surface area contributed by atoms with E-state index in [0.29, 0.717) is 35.6 Å². The second kappa shape index (κ2) is 15.9. The highest BCUT2D eigenvalue weighted by molar-refractivity contribution is 5.53. The molecule has 2 heterocycles. The van der Waals surface area contributed by atoms with Crippen LogP contribution in [0.15, 0.2) is 0 Å². The first kappa shape index (κ1) is 35.2. The number of hydrogen-bond donors (Lipinski definition) is 1. The molecule has 2 aliphatic heterocycles. The topological polar surface area (TPSA) is 89.9 Å². The molecule has 0 aromatic heterocycles. The van der Waals surface area contributed by atoms with Crippen molar-refractivity contribution >= 4 is 6.29 Å². The Kier molecular flexibility index (Phi) is 12.2. The van der Waals surface area contributed by atoms with E-state index >= 15 is 0 Å². The Bertz CT molecular complexity index is 964. The molecule has 0 aromatic rings. The molecule has 12 unspecified atom stereocenters. The van der Waals surface area contributed by atoms with Crippen molar-refractivity contribution in [3.63, 3.8) is 0 Å². The highest BCUT2D eigenvalue weighted by Gasteiger charge is 2.51. The zero-order chi connectivity index (χ0) is 32.4. The number of rotatable bonds is 10. The lowest BCUT2D eigenvalue weighted by Gasteiger charge is -2.53. The van der Waals surface area contributed by atoms with Crippen LogP contribution in [0.3, 0.4) is 0 Å². The van der Waals surface area contributed by atoms with Gasteiger partial charge in [0.2, 0.25) is 0 Å². The molecular weight excluding hydrogens is 584 g/mol. The summed E-state index contributed by atoms with van der Waals surface area (Å²) in [4.78, 5) is 16.5. The molecule has 13 atom stereocenters. The Morgan fingerprint density at radius 1 is 0.696 bits per heavy atom. The Morgan fingerprint density at radius 2 is 1.37 bits per heavy atom. The van der Waals surface area contributed by atoms with E-state index < -0.39 is 6.10 Å². The zero-order valence-electron chi connectivity index (χ0n) is 29.3. The first-order valence-electron chi connectivity index (χ1n) is 18.7. The molecule has 6 aliphatic rings. The van der Waals surface area contributed by atoms with Crippen LogP contribution in [0.4, 0.5) is 0 Å². The van der Waals surface area contributed by atoms with Crippen LogP contribution in [-0.2, 0) is 28.5 Å². The lowest BCUT2D eigenvalue weighted by atomic mass is 9.66. The van der Waals surface area contributed by atoms with Crippen LogP contribution >= 0.6 is 0 Å². The normalized spacial score (nSPS) is 47.6. The fourth-order valence-corrected chi connectivity index (χ4v) is 10.8. The van der Waals surface area contributed by atoms with Crippen molar-refractivity contribution in [3.05, 3.63) is 0 Å². The van der Waals surface area contributed by atoms with Crippen molar-refractivity contribution in [1.82, 2.24) is 9.80 Å². The third kappa shape index (κ3) is 7.72. The first-order valence-corrected chi connectivity index (χ1v) is 18.7. The number of fused-ring (bicyclic) bond motifs is 2. The molecule has 1 N–H and O–H groups in total. The predicted molar refractivity (Wildman–Crippen MR) is 177 cm³/mol. The van der Waals surface area contributed by atoms with Crippen LogP contribution in [0.5, 0.6) is 0 Å². The van der Waals surface area contributed by atoms with Crippen molar-refractivity contribution < 1.29 is 33.6 Å². The second-order valence-electron chi connectivity index (χ2n) is 16.2. The molecule has 0 aromatic carbocycles. The number of aliphatic hydroxyl groups is 1. The molecule has 6 fully saturated rings. The summed E-state index contributed by atoms with van der Waals surface area (Å²) in [5, 5.41) is 11.5. The summed E-state index contributed by atoms with van der Waals surface area (Å²) in [6.45, 7) is 3.23. The van der Waals surface area contributed by atoms with Gasteiger partial charge in [0.1, 0.15) is 12.4 Å². The molecule has 0 bridgehead atoms. The lowest BCUT2D eigenvalue weighted by Crippen LogP contribution is -2.60. The van der Waals surface area contributed by atoms with E-state index in [-0.39, 0.29) is 48.6 Å². The average molecular weight is 649 g/mol. The van der Waals surface area contributed by atoms with Crippen LogP contribution < -0.4 is 0 Å². The molecule has 0 radical (unpaired) electrons. The summed E-state index contributed by atoms with van der Waals surface area (Å²) in [6, 6.07) is 0.547. The monoisotopic (exact) mass is 648 g/mol. The zero-order valence-corrected chi connectivity index (χ0v) is 29.3. The van der Waals surface area contributed by atoms with E-state index in [1.165, 1.54) is 25.7 Å². The van der Waals surface area contributed by atoms with Gasteiger partial charge in [0.25, 0.3) is 0 Å². The third-order valence-electron chi connectivity index (χ3n) is 13.6. The molecule has 46 heavy (non-hydrogen) atoms. The number of ether oxygens (including phenoxy) is 5. The van der Waals surface area contributed by atoms with Gasteiger partial charge in [0.05, 0.1) is 42.7 Å². The molecule has 6 rings (SSSR count). The van der Waals surface area contributed by atoms with Crippen molar-refractivity contribution in [3.8, 4) is 0 Å². The summed E-state index contributed by atoms with van der Waals surface area (Å²) in [6.07, 6.45) is 14.4. The number of aldehydes is 1. The maximum atomic E-state index is 11.5. The third-order valence-corrected chi connectivity index (χ3v) is 13.6. The quantitative estimate of drug-likeness (QED) is 0.351. The van der Waals surface area contributed by atoms with Gasteiger partial charge < -0.3 is 43.4 Å². The Labute approximate surface area is 278 Å². The van der Waals surface area contributed by atoms with Crippen molar-refractivity contribution in [2.45, 2.75) is 138 Å². The fourth-order valence-electron chi connectivity index (χ4n) is 10.8. The number of carbonyl (C=O) groups is 1. The second-order valence-corrected chi connectivity index (χ2v) is 16.2. The fraction of sp³-hybridized carbons (Fsp3) is 0.973. The van der Waals surface area contributed by atoms with E-state index in [1.54, 1.807) is 14.2 Å². The number of piperidine rings is 2. The first-order chi connectivity index (χ1) is 22.3. The van der Waals surface area contributed by atoms with E-state index in [1.807, 2.05) is 7.11 Å². The van der Waals surface area contributed by atoms with Crippen LogP contribution in [0.25, 0.3) is 0 Å². The molecule has 4 saturated carbocycles. The Balaban J connectivity index is 1.08. The van der Waals surface area contributed by atoms with Gasteiger partial charge >= 0.3 is 0 Å². The SMILES string of the molecule is COC1CCC(C=O)CC1OC1CCC(C[C@H]2C3CC(OC4C(O)C(OC)CC5CCN(C)CC54)C(OC)CC3CCN2C)CC1. The van der Waals surface area contributed by atoms with E-state index in [0.717, 1.165) is 83.7 Å². The average Bonchev–Trinajstić information content (AvgIpc) is 3.07. The van der Waals surface area contributed by atoms with Crippen molar-refractivity contribution in [2.24, 2.45) is 35.5 Å². The minimum atomic E-state index is -0.604. The molecule has 264 valence electrons. The van der Waals surface area contributed by atoms with Crippen LogP contribution in [0.1, 0.15) is 83.5 Å². The van der Waals surface area contributed by atoms with Crippen LogP contribution in [-0.4, -0.2) is 131 Å². The van der Waals surface area contributed by atoms with E-state index in [4.69, 9.17) is 23.7 Å². The van der Waals surface area contributed by atoms with Crippen molar-refractivity contribution in [2.75, 3.05) is 55.1 Å². The van der Waals surface area contributed by atoms with Gasteiger partial charge in [-0.15, -0.1) is 0 Å². The van der Waals surface area contributed by atoms with Gasteiger partial charge in [-0.05, 0) is 134 Å². The summed E-state index contributed by atoms with van der Waals surface area (Å²) in [7, 11) is 9.90. The number of aliphatic hydroxyl groups excluding tert-OH is 1. The molecule has 2 saturated heterocycles. The van der Waals surface area contributed by atoms with E-state index in [9.17, 15) is 9.90 Å². The molecule has 9 nitrogen and oxygen atoms in total. The maximum Gasteiger partial charge on any atom is 0.123 e. The van der Waals surface area contributed by atoms with Crippen molar-refractivity contribution in [1.29, 1.82) is 0 Å². The van der Waals surface area contributed by atoms with Gasteiger partial charge in [-0.1, -0.05) is 0 Å². The molecule has 4 aliphatic carbocycles. The largest absolute Gasteiger partial charge is 0.388 e. The van der Waals surface area contributed by atoms with Crippen LogP contribution in [0.2, 0.25) is 0 Å². The van der Waals surface area contributed by atoms with Gasteiger partial charge in [0.15, 0.2) is 0 Å². The summed E-state index contributed by atoms with van der Waals surface area (Å²) < 4.78 is 31.4. The highest BCUT2D eigenvalue weighted by Crippen LogP contribution is 2.47. The number of methoxy groups -OCH3 is 3. The molecular formula is C37H64N2O7. The van der Waals surface area contributed by atoms with Crippen LogP contribution in [0, 0.1) is 35.5 Å². The summed E-state index contributed by atoms with van der Waals surface area (Å²) in [5.74, 6) is 2.91. The standard InChI is InChI=1S/C37H64N2O7/c1-38-14-12-26-19-35(44-5)36(41)37(29(26)21-38)46-34-20-28-25(18-32(34)43-4)13-15-39(2)30(28)16-23-6-9-27(10-7-23)45-33-17-24(22-40)8-11-31(33)42-3/h22-37,41H,6-21H2,1-5H3/t23?,24?,25?,26?,27?,28?,29?,30-,31?,32?,33?,34?,35?,36?,37?/m0/s1. The number of hydrogen-bond acceptors (Lipinski definition) is 9. The minimum Gasteiger partial charge on any atom is -0.388 e. The maximum absolute atomic E-state index is 11.5. The lowest BCUT2D eigenvalue weighted by molar-refractivity contribution is -0.220. The predicted octanol–water partition coefficient (Wildman–Crippen LogP) is 4.18. The Hall–Kier alpha value is -0.650. The smallest absolute Gasteiger partial charge is 0.123 e. The number of likely N-dealkylation sites (tertiary alicyclic amines) is 2. The highest BCUT2D eigenvalue weighted by atomic mass is 16.6. The molecule has 9 heteroatoms. The Morgan fingerprint density at radius 3 is 2.09 bits per heavy atom. The number of nitrogens with zero attached hydrogens (tertiary/aromatic N) is 2. The molecule has 0 spiro atoms. The van der Waals surface area contributed by atoms with Gasteiger partial charge in [-0.3, -0.25) is 0 Å². The summed E-state index contributed by atoms with van der Waals surface area (Å²) >= 11 is 0. The van der Waals surface area contributed by atoms with Gasteiger partial charge in [-0.2, -0.15) is 0 Å². The molecule has 0 amide bonds. The minimum absolute atomic E-state index is 0.00746. The van der Waals surface area contributed by atoms with Gasteiger partial charge in [0, 0.05) is 45.8 Å². The van der Waals surface area contributed by atoms with Gasteiger partial charge in [-0.25, -0.2) is 0 Å². The number of carbonyl (C=O) groups excluding carboxylic acids is 1. The van der Waals surface area contributed by atoms with E-state index in [2.05, 4.69) is 23.9 Å². The summed E-state index contributed by atoms with van der Waals surface area (Å²) in [5.41, 5.74) is 0.